The molecule has 88 valence electrons. The van der Waals surface area contributed by atoms with E-state index in [9.17, 15) is 4.39 Å². The van der Waals surface area contributed by atoms with Crippen molar-refractivity contribution in [3.8, 4) is 0 Å². The van der Waals surface area contributed by atoms with Crippen molar-refractivity contribution in [2.45, 2.75) is 12.0 Å². The van der Waals surface area contributed by atoms with Crippen LogP contribution in [0.4, 0.5) is 4.39 Å². The molecule has 1 atom stereocenters. The number of hydrogen-bond donors (Lipinski definition) is 0. The first-order valence-electron chi connectivity index (χ1n) is 5.54. The Morgan fingerprint density at radius 3 is 2.65 bits per heavy atom. The van der Waals surface area contributed by atoms with Gasteiger partial charge in [-0.25, -0.2) is 4.39 Å². The molecule has 1 aliphatic carbocycles. The van der Waals surface area contributed by atoms with Crippen LogP contribution in [0.5, 0.6) is 0 Å². The van der Waals surface area contributed by atoms with Crippen LogP contribution < -0.4 is 0 Å². The van der Waals surface area contributed by atoms with E-state index in [1.165, 1.54) is 12.1 Å². The van der Waals surface area contributed by atoms with Gasteiger partial charge >= 0.3 is 0 Å². The molecule has 0 N–H and O–H groups in total. The van der Waals surface area contributed by atoms with Gasteiger partial charge in [0.15, 0.2) is 0 Å². The molecule has 1 aliphatic rings. The second kappa shape index (κ2) is 4.68. The van der Waals surface area contributed by atoms with Crippen molar-refractivity contribution in [3.63, 3.8) is 0 Å². The van der Waals surface area contributed by atoms with Crippen molar-refractivity contribution >= 4 is 5.57 Å². The Labute approximate surface area is 101 Å². The van der Waals surface area contributed by atoms with Crippen molar-refractivity contribution in [2.24, 2.45) is 0 Å². The number of halogens is 1. The first-order chi connectivity index (χ1) is 8.22. The highest BCUT2D eigenvalue weighted by Gasteiger charge is 2.31. The third-order valence-electron chi connectivity index (χ3n) is 3.13. The first kappa shape index (κ1) is 11.8. The third kappa shape index (κ3) is 2.08. The van der Waals surface area contributed by atoms with Gasteiger partial charge in [0.05, 0.1) is 0 Å². The SMILES string of the molecule is C=CC1(OC)CC=CC=C1c1ccc(F)cc1. The molecule has 1 nitrogen and oxygen atoms in total. The number of rotatable bonds is 3. The summed E-state index contributed by atoms with van der Waals surface area (Å²) in [5.41, 5.74) is 1.46. The molecule has 0 radical (unpaired) electrons. The summed E-state index contributed by atoms with van der Waals surface area (Å²) in [6.07, 6.45) is 8.56. The van der Waals surface area contributed by atoms with Crippen LogP contribution in [0.3, 0.4) is 0 Å². The molecule has 2 heteroatoms. The summed E-state index contributed by atoms with van der Waals surface area (Å²) in [5.74, 6) is -0.234. The number of methoxy groups -OCH3 is 1. The van der Waals surface area contributed by atoms with Crippen LogP contribution in [0.15, 0.2) is 55.1 Å². The van der Waals surface area contributed by atoms with E-state index in [1.54, 1.807) is 25.3 Å². The molecule has 0 spiro atoms. The Morgan fingerprint density at radius 2 is 2.06 bits per heavy atom. The van der Waals surface area contributed by atoms with Crippen molar-refractivity contribution in [1.29, 1.82) is 0 Å². The molecular weight excluding hydrogens is 215 g/mol. The molecule has 0 aliphatic heterocycles. The van der Waals surface area contributed by atoms with E-state index in [1.807, 2.05) is 18.2 Å². The summed E-state index contributed by atoms with van der Waals surface area (Å²) in [5, 5.41) is 0. The molecule has 0 saturated heterocycles. The van der Waals surface area contributed by atoms with Gasteiger partial charge in [-0.1, -0.05) is 43.0 Å². The largest absolute Gasteiger partial charge is 0.369 e. The van der Waals surface area contributed by atoms with Gasteiger partial charge in [-0.3, -0.25) is 0 Å². The first-order valence-corrected chi connectivity index (χ1v) is 5.54. The molecular formula is C15H15FO. The van der Waals surface area contributed by atoms with E-state index in [4.69, 9.17) is 4.74 Å². The van der Waals surface area contributed by atoms with Crippen LogP contribution in [-0.4, -0.2) is 12.7 Å². The molecule has 0 fully saturated rings. The van der Waals surface area contributed by atoms with Gasteiger partial charge in [0, 0.05) is 13.5 Å². The molecule has 1 aromatic carbocycles. The average molecular weight is 230 g/mol. The highest BCUT2D eigenvalue weighted by molar-refractivity contribution is 5.76. The number of benzene rings is 1. The minimum atomic E-state index is -0.507. The molecule has 2 rings (SSSR count). The highest BCUT2D eigenvalue weighted by Crippen LogP contribution is 2.37. The van der Waals surface area contributed by atoms with Gasteiger partial charge in [0.1, 0.15) is 11.4 Å². The fourth-order valence-electron chi connectivity index (χ4n) is 2.10. The molecule has 1 unspecified atom stereocenters. The quantitative estimate of drug-likeness (QED) is 0.719. The van der Waals surface area contributed by atoms with Gasteiger partial charge in [-0.2, -0.15) is 0 Å². The van der Waals surface area contributed by atoms with Crippen molar-refractivity contribution in [1.82, 2.24) is 0 Å². The summed E-state index contributed by atoms with van der Waals surface area (Å²) in [4.78, 5) is 0. The highest BCUT2D eigenvalue weighted by atomic mass is 19.1. The van der Waals surface area contributed by atoms with Gasteiger partial charge in [0.25, 0.3) is 0 Å². The Bertz CT molecular complexity index is 470. The van der Waals surface area contributed by atoms with Gasteiger partial charge in [-0.05, 0) is 23.3 Å². The van der Waals surface area contributed by atoms with Gasteiger partial charge < -0.3 is 4.74 Å². The molecule has 0 aromatic heterocycles. The van der Waals surface area contributed by atoms with E-state index in [0.29, 0.717) is 0 Å². The lowest BCUT2D eigenvalue weighted by molar-refractivity contribution is 0.0850. The monoisotopic (exact) mass is 230 g/mol. The lowest BCUT2D eigenvalue weighted by atomic mass is 9.82. The van der Waals surface area contributed by atoms with Crippen molar-refractivity contribution in [2.75, 3.05) is 7.11 Å². The van der Waals surface area contributed by atoms with Gasteiger partial charge in [0.2, 0.25) is 0 Å². The van der Waals surface area contributed by atoms with Crippen LogP contribution in [0.25, 0.3) is 5.57 Å². The molecule has 0 bridgehead atoms. The summed E-state index contributed by atoms with van der Waals surface area (Å²) >= 11 is 0. The van der Waals surface area contributed by atoms with E-state index >= 15 is 0 Å². The normalized spacial score (nSPS) is 23.3. The van der Waals surface area contributed by atoms with Crippen LogP contribution in [-0.2, 0) is 4.74 Å². The molecule has 0 heterocycles. The predicted octanol–water partition coefficient (Wildman–Crippen LogP) is 3.74. The summed E-state index contributed by atoms with van der Waals surface area (Å²) in [6, 6.07) is 6.44. The lowest BCUT2D eigenvalue weighted by Crippen LogP contribution is -2.31. The zero-order valence-corrected chi connectivity index (χ0v) is 9.82. The minimum Gasteiger partial charge on any atom is -0.369 e. The Kier molecular flexibility index (Phi) is 3.25. The maximum atomic E-state index is 12.9. The van der Waals surface area contributed by atoms with Gasteiger partial charge in [-0.15, -0.1) is 0 Å². The maximum Gasteiger partial charge on any atom is 0.123 e. The summed E-state index contributed by atoms with van der Waals surface area (Å²) in [7, 11) is 1.66. The standard InChI is InChI=1S/C15H15FO/c1-3-15(17-2)11-5-4-6-14(15)12-7-9-13(16)10-8-12/h3-10H,1,11H2,2H3. The van der Waals surface area contributed by atoms with E-state index in [2.05, 4.69) is 6.58 Å². The summed E-state index contributed by atoms with van der Waals surface area (Å²) < 4.78 is 18.5. The molecule has 1 aromatic rings. The fraction of sp³-hybridized carbons (Fsp3) is 0.200. The number of allylic oxidation sites excluding steroid dienone is 2. The van der Waals surface area contributed by atoms with Crippen LogP contribution in [0.2, 0.25) is 0 Å². The topological polar surface area (TPSA) is 9.23 Å². The number of ether oxygens (including phenoxy) is 1. The van der Waals surface area contributed by atoms with Crippen molar-refractivity contribution in [3.05, 3.63) is 66.5 Å². The Morgan fingerprint density at radius 1 is 1.35 bits per heavy atom. The van der Waals surface area contributed by atoms with E-state index < -0.39 is 5.60 Å². The molecule has 0 saturated carbocycles. The van der Waals surface area contributed by atoms with Crippen molar-refractivity contribution < 1.29 is 9.13 Å². The fourth-order valence-corrected chi connectivity index (χ4v) is 2.10. The average Bonchev–Trinajstić information content (AvgIpc) is 2.39. The number of hydrogen-bond acceptors (Lipinski definition) is 1. The lowest BCUT2D eigenvalue weighted by Gasteiger charge is -2.33. The smallest absolute Gasteiger partial charge is 0.123 e. The minimum absolute atomic E-state index is 0.234. The van der Waals surface area contributed by atoms with Crippen LogP contribution >= 0.6 is 0 Å². The molecule has 0 amide bonds. The Hall–Kier alpha value is -1.67. The second-order valence-corrected chi connectivity index (χ2v) is 4.02. The third-order valence-corrected chi connectivity index (χ3v) is 3.13. The second-order valence-electron chi connectivity index (χ2n) is 4.02. The van der Waals surface area contributed by atoms with E-state index in [-0.39, 0.29) is 5.82 Å². The Balaban J connectivity index is 2.47. The van der Waals surface area contributed by atoms with Crippen LogP contribution in [0.1, 0.15) is 12.0 Å². The zero-order valence-electron chi connectivity index (χ0n) is 9.82. The maximum absolute atomic E-state index is 12.9. The zero-order chi connectivity index (χ0) is 12.3. The van der Waals surface area contributed by atoms with Crippen LogP contribution in [0, 0.1) is 5.82 Å². The molecule has 17 heavy (non-hydrogen) atoms. The summed E-state index contributed by atoms with van der Waals surface area (Å²) in [6.45, 7) is 3.85. The predicted molar refractivity (Wildman–Crippen MR) is 68.1 cm³/mol. The van der Waals surface area contributed by atoms with E-state index in [0.717, 1.165) is 17.6 Å².